The van der Waals surface area contributed by atoms with Crippen LogP contribution in [0.2, 0.25) is 5.02 Å². The first-order chi connectivity index (χ1) is 15.1. The largest absolute Gasteiger partial charge is 0.493 e. The van der Waals surface area contributed by atoms with Crippen LogP contribution < -0.4 is 19.6 Å². The molecule has 0 heterocycles. The van der Waals surface area contributed by atoms with Crippen molar-refractivity contribution in [1.29, 1.82) is 0 Å². The number of nitrogens with zero attached hydrogens (tertiary/aromatic N) is 1. The summed E-state index contributed by atoms with van der Waals surface area (Å²) in [6.45, 7) is 0.388. The molecule has 0 saturated carbocycles. The highest BCUT2D eigenvalue weighted by Gasteiger charge is 2.08. The van der Waals surface area contributed by atoms with Crippen molar-refractivity contribution in [3.8, 4) is 17.2 Å². The van der Waals surface area contributed by atoms with Crippen molar-refractivity contribution in [3.05, 3.63) is 88.4 Å². The second kappa shape index (κ2) is 11.0. The Morgan fingerprint density at radius 2 is 1.74 bits per heavy atom. The van der Waals surface area contributed by atoms with Gasteiger partial charge in [0.2, 0.25) is 5.91 Å². The number of rotatable bonds is 9. The van der Waals surface area contributed by atoms with Gasteiger partial charge in [-0.15, -0.1) is 0 Å². The van der Waals surface area contributed by atoms with Crippen LogP contribution >= 0.6 is 11.6 Å². The SMILES string of the molecule is COc1ccc(CC(=O)N/N=C\c2ccc(OCc3ccccc3Cl)cc2)cc1OC. The van der Waals surface area contributed by atoms with Crippen molar-refractivity contribution in [1.82, 2.24) is 5.43 Å². The molecule has 0 aliphatic heterocycles. The number of ether oxygens (including phenoxy) is 3. The zero-order valence-electron chi connectivity index (χ0n) is 17.3. The average molecular weight is 439 g/mol. The molecule has 0 saturated heterocycles. The van der Waals surface area contributed by atoms with Crippen molar-refractivity contribution < 1.29 is 19.0 Å². The summed E-state index contributed by atoms with van der Waals surface area (Å²) >= 11 is 6.13. The standard InChI is InChI=1S/C24H23ClN2O4/c1-29-22-12-9-18(13-23(22)30-2)14-24(28)27-26-15-17-7-10-20(11-8-17)31-16-19-5-3-4-6-21(19)25/h3-13,15H,14,16H2,1-2H3,(H,27,28)/b26-15-. The van der Waals surface area contributed by atoms with Gasteiger partial charge < -0.3 is 14.2 Å². The van der Waals surface area contributed by atoms with E-state index < -0.39 is 0 Å². The van der Waals surface area contributed by atoms with E-state index in [9.17, 15) is 4.79 Å². The number of benzene rings is 3. The van der Waals surface area contributed by atoms with Crippen molar-refractivity contribution in [2.24, 2.45) is 5.10 Å². The average Bonchev–Trinajstić information content (AvgIpc) is 2.79. The van der Waals surface area contributed by atoms with Crippen LogP contribution in [0.25, 0.3) is 0 Å². The Labute approximate surface area is 186 Å². The van der Waals surface area contributed by atoms with Crippen molar-refractivity contribution >= 4 is 23.7 Å². The third-order valence-corrected chi connectivity index (χ3v) is 4.82. The number of methoxy groups -OCH3 is 2. The molecule has 0 unspecified atom stereocenters. The Kier molecular flexibility index (Phi) is 7.90. The van der Waals surface area contributed by atoms with Crippen LogP contribution in [-0.2, 0) is 17.8 Å². The molecule has 7 heteroatoms. The lowest BCUT2D eigenvalue weighted by Crippen LogP contribution is -2.19. The van der Waals surface area contributed by atoms with Gasteiger partial charge in [-0.25, -0.2) is 5.43 Å². The van der Waals surface area contributed by atoms with E-state index in [4.69, 9.17) is 25.8 Å². The summed E-state index contributed by atoms with van der Waals surface area (Å²) in [5.41, 5.74) is 5.08. The van der Waals surface area contributed by atoms with Crippen LogP contribution in [0.15, 0.2) is 71.8 Å². The second-order valence-corrected chi connectivity index (χ2v) is 7.02. The lowest BCUT2D eigenvalue weighted by atomic mass is 10.1. The topological polar surface area (TPSA) is 69.2 Å². The molecule has 0 atom stereocenters. The third kappa shape index (κ3) is 6.49. The molecule has 0 spiro atoms. The maximum absolute atomic E-state index is 12.1. The summed E-state index contributed by atoms with van der Waals surface area (Å²) in [4.78, 5) is 12.1. The quantitative estimate of drug-likeness (QED) is 0.390. The van der Waals surface area contributed by atoms with E-state index in [1.165, 1.54) is 0 Å². The van der Waals surface area contributed by atoms with Crippen LogP contribution in [0.5, 0.6) is 17.2 Å². The van der Waals surface area contributed by atoms with Crippen LogP contribution in [0.1, 0.15) is 16.7 Å². The zero-order valence-corrected chi connectivity index (χ0v) is 18.1. The molecule has 0 aliphatic rings. The molecule has 0 radical (unpaired) electrons. The molecular weight excluding hydrogens is 416 g/mol. The van der Waals surface area contributed by atoms with Gasteiger partial charge in [0, 0.05) is 10.6 Å². The monoisotopic (exact) mass is 438 g/mol. The molecule has 0 aliphatic carbocycles. The summed E-state index contributed by atoms with van der Waals surface area (Å²) in [5, 5.41) is 4.69. The third-order valence-electron chi connectivity index (χ3n) is 4.45. The summed E-state index contributed by atoms with van der Waals surface area (Å²) in [6, 6.07) is 20.3. The Balaban J connectivity index is 1.49. The number of hydrogen-bond acceptors (Lipinski definition) is 5. The lowest BCUT2D eigenvalue weighted by molar-refractivity contribution is -0.120. The molecule has 0 aromatic heterocycles. The van der Waals surface area contributed by atoms with Gasteiger partial charge >= 0.3 is 0 Å². The molecule has 31 heavy (non-hydrogen) atoms. The highest BCUT2D eigenvalue weighted by Crippen LogP contribution is 2.27. The van der Waals surface area contributed by atoms with E-state index in [1.54, 1.807) is 32.6 Å². The Bertz CT molecular complexity index is 1050. The van der Waals surface area contributed by atoms with Crippen LogP contribution in [-0.4, -0.2) is 26.3 Å². The minimum absolute atomic E-state index is 0.173. The molecule has 160 valence electrons. The Hall–Kier alpha value is -3.51. The lowest BCUT2D eigenvalue weighted by Gasteiger charge is -2.09. The summed E-state index contributed by atoms with van der Waals surface area (Å²) in [5.74, 6) is 1.68. The molecule has 6 nitrogen and oxygen atoms in total. The van der Waals surface area contributed by atoms with Gasteiger partial charge in [-0.3, -0.25) is 4.79 Å². The second-order valence-electron chi connectivity index (χ2n) is 6.61. The number of halogens is 1. The molecule has 3 aromatic carbocycles. The fourth-order valence-corrected chi connectivity index (χ4v) is 3.01. The van der Waals surface area contributed by atoms with Gasteiger partial charge in [-0.1, -0.05) is 35.9 Å². The van der Waals surface area contributed by atoms with Crippen LogP contribution in [0.3, 0.4) is 0 Å². The predicted octanol–water partition coefficient (Wildman–Crippen LogP) is 4.63. The van der Waals surface area contributed by atoms with Crippen molar-refractivity contribution in [2.45, 2.75) is 13.0 Å². The number of hydrogen-bond donors (Lipinski definition) is 1. The first-order valence-corrected chi connectivity index (χ1v) is 9.96. The van der Waals surface area contributed by atoms with E-state index in [0.717, 1.165) is 22.4 Å². The number of nitrogens with one attached hydrogen (secondary N) is 1. The van der Waals surface area contributed by atoms with Gasteiger partial charge in [-0.05, 0) is 53.6 Å². The van der Waals surface area contributed by atoms with E-state index >= 15 is 0 Å². The molecule has 0 fully saturated rings. The highest BCUT2D eigenvalue weighted by molar-refractivity contribution is 6.31. The number of carbonyl (C=O) groups is 1. The maximum Gasteiger partial charge on any atom is 0.244 e. The molecule has 1 N–H and O–H groups in total. The predicted molar refractivity (Wildman–Crippen MR) is 121 cm³/mol. The van der Waals surface area contributed by atoms with Gasteiger partial charge in [-0.2, -0.15) is 5.10 Å². The van der Waals surface area contributed by atoms with Gasteiger partial charge in [0.05, 0.1) is 26.9 Å². The van der Waals surface area contributed by atoms with Crippen molar-refractivity contribution in [2.75, 3.05) is 14.2 Å². The smallest absolute Gasteiger partial charge is 0.244 e. The Morgan fingerprint density at radius 3 is 2.45 bits per heavy atom. The Morgan fingerprint density at radius 1 is 1.00 bits per heavy atom. The van der Waals surface area contributed by atoms with Gasteiger partial charge in [0.25, 0.3) is 0 Å². The minimum atomic E-state index is -0.233. The maximum atomic E-state index is 12.1. The molecular formula is C24H23ClN2O4. The van der Waals surface area contributed by atoms with Crippen LogP contribution in [0, 0.1) is 0 Å². The van der Waals surface area contributed by atoms with E-state index in [-0.39, 0.29) is 12.3 Å². The van der Waals surface area contributed by atoms with Crippen molar-refractivity contribution in [3.63, 3.8) is 0 Å². The zero-order chi connectivity index (χ0) is 22.1. The molecule has 3 aromatic rings. The summed E-state index contributed by atoms with van der Waals surface area (Å²) in [7, 11) is 3.12. The number of hydrazone groups is 1. The van der Waals surface area contributed by atoms with E-state index in [1.807, 2.05) is 54.6 Å². The first-order valence-electron chi connectivity index (χ1n) is 9.58. The number of carbonyl (C=O) groups excluding carboxylic acids is 1. The number of amides is 1. The summed E-state index contributed by atoms with van der Waals surface area (Å²) < 4.78 is 16.2. The first kappa shape index (κ1) is 22.2. The van der Waals surface area contributed by atoms with E-state index in [2.05, 4.69) is 10.5 Å². The molecule has 0 bridgehead atoms. The molecule has 3 rings (SSSR count). The summed E-state index contributed by atoms with van der Waals surface area (Å²) in [6.07, 6.45) is 1.75. The van der Waals surface area contributed by atoms with Gasteiger partial charge in [0.1, 0.15) is 12.4 Å². The van der Waals surface area contributed by atoms with Crippen LogP contribution in [0.4, 0.5) is 0 Å². The fraction of sp³-hybridized carbons (Fsp3) is 0.167. The fourth-order valence-electron chi connectivity index (χ4n) is 2.82. The highest BCUT2D eigenvalue weighted by atomic mass is 35.5. The van der Waals surface area contributed by atoms with E-state index in [0.29, 0.717) is 23.1 Å². The minimum Gasteiger partial charge on any atom is -0.493 e. The normalized spacial score (nSPS) is 10.7. The van der Waals surface area contributed by atoms with Gasteiger partial charge in [0.15, 0.2) is 11.5 Å². The molecule has 1 amide bonds.